The zero-order valence-corrected chi connectivity index (χ0v) is 17.2. The lowest BCUT2D eigenvalue weighted by atomic mass is 10.2. The van der Waals surface area contributed by atoms with Gasteiger partial charge in [-0.15, -0.1) is 11.3 Å². The van der Waals surface area contributed by atoms with E-state index in [1.165, 1.54) is 10.4 Å². The van der Waals surface area contributed by atoms with Gasteiger partial charge in [0.2, 0.25) is 10.0 Å². The smallest absolute Gasteiger partial charge is 0.240 e. The van der Waals surface area contributed by atoms with Crippen LogP contribution in [0.2, 0.25) is 0 Å². The molecule has 0 fully saturated rings. The molecule has 0 atom stereocenters. The van der Waals surface area contributed by atoms with E-state index in [1.807, 2.05) is 19.1 Å². The van der Waals surface area contributed by atoms with E-state index in [4.69, 9.17) is 0 Å². The van der Waals surface area contributed by atoms with Crippen LogP contribution < -0.4 is 15.4 Å². The minimum atomic E-state index is -3.52. The summed E-state index contributed by atoms with van der Waals surface area (Å²) in [6.45, 7) is 7.15. The lowest BCUT2D eigenvalue weighted by Crippen LogP contribution is -2.41. The SMILES string of the molecule is CN=C(NCCNS(=O)(=O)c1cc(C)ccc1C)NCc1sccc1C. The number of rotatable bonds is 7. The van der Waals surface area contributed by atoms with E-state index in [0.717, 1.165) is 11.1 Å². The molecule has 1 aromatic carbocycles. The molecule has 26 heavy (non-hydrogen) atoms. The van der Waals surface area contributed by atoms with Gasteiger partial charge < -0.3 is 10.6 Å². The highest BCUT2D eigenvalue weighted by molar-refractivity contribution is 7.89. The fourth-order valence-electron chi connectivity index (χ4n) is 2.41. The van der Waals surface area contributed by atoms with Crippen LogP contribution >= 0.6 is 11.3 Å². The molecule has 0 bridgehead atoms. The van der Waals surface area contributed by atoms with Crippen LogP contribution in [-0.2, 0) is 16.6 Å². The van der Waals surface area contributed by atoms with Gasteiger partial charge in [0.1, 0.15) is 0 Å². The van der Waals surface area contributed by atoms with Crippen molar-refractivity contribution in [2.75, 3.05) is 20.1 Å². The van der Waals surface area contributed by atoms with Crippen LogP contribution in [0.5, 0.6) is 0 Å². The summed E-state index contributed by atoms with van der Waals surface area (Å²) >= 11 is 1.70. The highest BCUT2D eigenvalue weighted by Gasteiger charge is 2.16. The third-order valence-corrected chi connectivity index (χ3v) is 6.58. The Hall–Kier alpha value is -1.90. The van der Waals surface area contributed by atoms with Gasteiger partial charge in [-0.25, -0.2) is 13.1 Å². The van der Waals surface area contributed by atoms with E-state index in [9.17, 15) is 8.42 Å². The molecule has 0 radical (unpaired) electrons. The number of thiophene rings is 1. The Kier molecular flexibility index (Phi) is 7.19. The maximum atomic E-state index is 12.5. The number of hydrogen-bond donors (Lipinski definition) is 3. The first-order chi connectivity index (χ1) is 12.3. The number of nitrogens with zero attached hydrogens (tertiary/aromatic N) is 1. The molecule has 0 unspecified atom stereocenters. The van der Waals surface area contributed by atoms with Crippen molar-refractivity contribution < 1.29 is 8.42 Å². The molecule has 1 aromatic heterocycles. The molecule has 0 aliphatic heterocycles. The van der Waals surface area contributed by atoms with Crippen molar-refractivity contribution in [1.82, 2.24) is 15.4 Å². The lowest BCUT2D eigenvalue weighted by Gasteiger charge is -2.13. The number of guanidine groups is 1. The van der Waals surface area contributed by atoms with Gasteiger partial charge in [0, 0.05) is 25.0 Å². The summed E-state index contributed by atoms with van der Waals surface area (Å²) in [6.07, 6.45) is 0. The molecule has 0 spiro atoms. The molecule has 1 heterocycles. The van der Waals surface area contributed by atoms with Gasteiger partial charge in [0.05, 0.1) is 11.4 Å². The van der Waals surface area contributed by atoms with E-state index in [2.05, 4.69) is 38.7 Å². The fraction of sp³-hybridized carbons (Fsp3) is 0.389. The standard InChI is InChI=1S/C18H26N4O2S2/c1-13-5-6-15(3)17(11-13)26(23,24)22-9-8-20-18(19-4)21-12-16-14(2)7-10-25-16/h5-7,10-11,22H,8-9,12H2,1-4H3,(H2,19,20,21). The maximum Gasteiger partial charge on any atom is 0.240 e. The second-order valence-electron chi connectivity index (χ2n) is 6.05. The van der Waals surface area contributed by atoms with E-state index in [-0.39, 0.29) is 6.54 Å². The van der Waals surface area contributed by atoms with Crippen LogP contribution in [0.15, 0.2) is 39.5 Å². The van der Waals surface area contributed by atoms with Crippen molar-refractivity contribution in [3.05, 3.63) is 51.2 Å². The Balaban J connectivity index is 1.83. The molecule has 2 rings (SSSR count). The van der Waals surface area contributed by atoms with Crippen LogP contribution in [0, 0.1) is 20.8 Å². The van der Waals surface area contributed by atoms with Gasteiger partial charge in [0.15, 0.2) is 5.96 Å². The van der Waals surface area contributed by atoms with Crippen LogP contribution in [0.25, 0.3) is 0 Å². The van der Waals surface area contributed by atoms with E-state index >= 15 is 0 Å². The molecule has 0 aliphatic rings. The topological polar surface area (TPSA) is 82.6 Å². The molecule has 0 aliphatic carbocycles. The Morgan fingerprint density at radius 1 is 1.08 bits per heavy atom. The number of benzene rings is 1. The monoisotopic (exact) mass is 394 g/mol. The molecule has 0 amide bonds. The highest BCUT2D eigenvalue weighted by atomic mass is 32.2. The minimum absolute atomic E-state index is 0.272. The summed E-state index contributed by atoms with van der Waals surface area (Å²) in [5, 5.41) is 8.41. The first-order valence-corrected chi connectivity index (χ1v) is 10.7. The van der Waals surface area contributed by atoms with E-state index in [1.54, 1.807) is 31.4 Å². The van der Waals surface area contributed by atoms with Gasteiger partial charge in [-0.05, 0) is 55.0 Å². The normalized spacial score (nSPS) is 12.2. The van der Waals surface area contributed by atoms with Crippen molar-refractivity contribution >= 4 is 27.3 Å². The summed E-state index contributed by atoms with van der Waals surface area (Å²) in [5.74, 6) is 0.642. The number of nitrogens with one attached hydrogen (secondary N) is 3. The number of aryl methyl sites for hydroxylation is 3. The van der Waals surface area contributed by atoms with Crippen LogP contribution in [0.1, 0.15) is 21.6 Å². The minimum Gasteiger partial charge on any atom is -0.355 e. The summed E-state index contributed by atoms with van der Waals surface area (Å²) in [6, 6.07) is 7.50. The van der Waals surface area contributed by atoms with Crippen LogP contribution in [-0.4, -0.2) is 34.5 Å². The molecular formula is C18H26N4O2S2. The number of sulfonamides is 1. The Morgan fingerprint density at radius 2 is 1.85 bits per heavy atom. The maximum absolute atomic E-state index is 12.5. The quantitative estimate of drug-likeness (QED) is 0.382. The number of hydrogen-bond acceptors (Lipinski definition) is 4. The summed E-state index contributed by atoms with van der Waals surface area (Å²) in [4.78, 5) is 5.74. The molecule has 3 N–H and O–H groups in total. The highest BCUT2D eigenvalue weighted by Crippen LogP contribution is 2.16. The molecule has 142 valence electrons. The summed E-state index contributed by atoms with van der Waals surface area (Å²) in [5.41, 5.74) is 2.90. The first-order valence-electron chi connectivity index (χ1n) is 8.38. The third-order valence-electron chi connectivity index (χ3n) is 3.95. The van der Waals surface area contributed by atoms with Crippen molar-refractivity contribution in [2.45, 2.75) is 32.2 Å². The largest absolute Gasteiger partial charge is 0.355 e. The Labute approximate surface area is 159 Å². The van der Waals surface area contributed by atoms with E-state index in [0.29, 0.717) is 23.9 Å². The molecule has 8 heteroatoms. The Morgan fingerprint density at radius 3 is 2.50 bits per heavy atom. The van der Waals surface area contributed by atoms with Crippen molar-refractivity contribution in [3.63, 3.8) is 0 Å². The summed E-state index contributed by atoms with van der Waals surface area (Å²) < 4.78 is 27.5. The first kappa shape index (κ1) is 20.4. The fourth-order valence-corrected chi connectivity index (χ4v) is 4.62. The van der Waals surface area contributed by atoms with Crippen molar-refractivity contribution in [2.24, 2.45) is 4.99 Å². The molecule has 6 nitrogen and oxygen atoms in total. The van der Waals surface area contributed by atoms with Gasteiger partial charge in [0.25, 0.3) is 0 Å². The zero-order chi connectivity index (χ0) is 19.2. The molecule has 2 aromatic rings. The zero-order valence-electron chi connectivity index (χ0n) is 15.6. The van der Waals surface area contributed by atoms with Gasteiger partial charge >= 0.3 is 0 Å². The van der Waals surface area contributed by atoms with Gasteiger partial charge in [-0.3, -0.25) is 4.99 Å². The van der Waals surface area contributed by atoms with Crippen LogP contribution in [0.3, 0.4) is 0 Å². The predicted octanol–water partition coefficient (Wildman–Crippen LogP) is 2.32. The van der Waals surface area contributed by atoms with Crippen LogP contribution in [0.4, 0.5) is 0 Å². The molecule has 0 saturated carbocycles. The molecular weight excluding hydrogens is 368 g/mol. The average Bonchev–Trinajstić information content (AvgIpc) is 3.01. The van der Waals surface area contributed by atoms with Gasteiger partial charge in [-0.1, -0.05) is 12.1 Å². The average molecular weight is 395 g/mol. The lowest BCUT2D eigenvalue weighted by molar-refractivity contribution is 0.580. The third kappa shape index (κ3) is 5.55. The Bertz CT molecular complexity index is 873. The van der Waals surface area contributed by atoms with E-state index < -0.39 is 10.0 Å². The second kappa shape index (κ2) is 9.16. The molecule has 0 saturated heterocycles. The predicted molar refractivity (Wildman–Crippen MR) is 108 cm³/mol. The van der Waals surface area contributed by atoms with Gasteiger partial charge in [-0.2, -0.15) is 0 Å². The second-order valence-corrected chi connectivity index (χ2v) is 8.78. The number of aliphatic imine (C=N–C) groups is 1. The summed E-state index contributed by atoms with van der Waals surface area (Å²) in [7, 11) is -1.83. The van der Waals surface area contributed by atoms with Crippen molar-refractivity contribution in [3.8, 4) is 0 Å². The van der Waals surface area contributed by atoms with Crippen molar-refractivity contribution in [1.29, 1.82) is 0 Å².